The molecule has 0 saturated heterocycles. The second-order valence-corrected chi connectivity index (χ2v) is 6.55. The van der Waals surface area contributed by atoms with Gasteiger partial charge in [-0.25, -0.2) is 0 Å². The monoisotopic (exact) mass is 404 g/mol. The summed E-state index contributed by atoms with van der Waals surface area (Å²) in [7, 11) is 1.53. The summed E-state index contributed by atoms with van der Waals surface area (Å²) in [4.78, 5) is 25.2. The van der Waals surface area contributed by atoms with Crippen LogP contribution in [0, 0.1) is 6.92 Å². The molecule has 0 bridgehead atoms. The molecular formula is C24H24N2O4. The van der Waals surface area contributed by atoms with Gasteiger partial charge in [-0.1, -0.05) is 24.3 Å². The van der Waals surface area contributed by atoms with Gasteiger partial charge in [-0.3, -0.25) is 9.59 Å². The molecule has 0 heterocycles. The molecule has 6 nitrogen and oxygen atoms in total. The van der Waals surface area contributed by atoms with Crippen LogP contribution < -0.4 is 20.1 Å². The molecule has 0 spiro atoms. The molecule has 0 saturated carbocycles. The van der Waals surface area contributed by atoms with E-state index >= 15 is 0 Å². The lowest BCUT2D eigenvalue weighted by Crippen LogP contribution is -2.16. The van der Waals surface area contributed by atoms with Crippen molar-refractivity contribution in [3.05, 3.63) is 83.4 Å². The number of rotatable bonds is 7. The van der Waals surface area contributed by atoms with Gasteiger partial charge < -0.3 is 20.1 Å². The zero-order valence-electron chi connectivity index (χ0n) is 17.2. The van der Waals surface area contributed by atoms with Crippen LogP contribution >= 0.6 is 0 Å². The Balaban J connectivity index is 1.78. The van der Waals surface area contributed by atoms with E-state index in [-0.39, 0.29) is 11.8 Å². The predicted molar refractivity (Wildman–Crippen MR) is 118 cm³/mol. The van der Waals surface area contributed by atoms with Crippen LogP contribution in [0.2, 0.25) is 0 Å². The minimum absolute atomic E-state index is 0.210. The Hall–Kier alpha value is -3.80. The number of anilines is 2. The van der Waals surface area contributed by atoms with Gasteiger partial charge in [0, 0.05) is 22.5 Å². The van der Waals surface area contributed by atoms with E-state index in [4.69, 9.17) is 9.47 Å². The van der Waals surface area contributed by atoms with Gasteiger partial charge in [-0.05, 0) is 61.9 Å². The predicted octanol–water partition coefficient (Wildman–Crippen LogP) is 4.91. The zero-order valence-corrected chi connectivity index (χ0v) is 17.2. The van der Waals surface area contributed by atoms with Crippen molar-refractivity contribution in [2.75, 3.05) is 24.4 Å². The maximum atomic E-state index is 12.8. The number of benzene rings is 3. The Kier molecular flexibility index (Phi) is 6.70. The lowest BCUT2D eigenvalue weighted by atomic mass is 10.1. The summed E-state index contributed by atoms with van der Waals surface area (Å²) in [5.74, 6) is 0.577. The highest BCUT2D eigenvalue weighted by Crippen LogP contribution is 2.29. The number of nitrogens with one attached hydrogen (secondary N) is 2. The van der Waals surface area contributed by atoms with Gasteiger partial charge in [0.15, 0.2) is 11.5 Å². The van der Waals surface area contributed by atoms with E-state index < -0.39 is 0 Å². The Morgan fingerprint density at radius 1 is 0.800 bits per heavy atom. The molecule has 3 rings (SSSR count). The molecule has 0 aliphatic heterocycles. The van der Waals surface area contributed by atoms with Crippen LogP contribution in [0.25, 0.3) is 0 Å². The molecule has 2 amide bonds. The third-order valence-electron chi connectivity index (χ3n) is 4.59. The van der Waals surface area contributed by atoms with Gasteiger partial charge in [0.1, 0.15) is 0 Å². The minimum atomic E-state index is -0.286. The van der Waals surface area contributed by atoms with E-state index in [2.05, 4.69) is 10.6 Å². The fourth-order valence-corrected chi connectivity index (χ4v) is 2.97. The molecule has 0 atom stereocenters. The highest BCUT2D eigenvalue weighted by molar-refractivity contribution is 6.07. The van der Waals surface area contributed by atoms with Crippen molar-refractivity contribution in [1.29, 1.82) is 0 Å². The number of carbonyl (C=O) groups excluding carboxylic acids is 2. The number of amides is 2. The molecule has 0 aliphatic carbocycles. The van der Waals surface area contributed by atoms with E-state index in [1.807, 2.05) is 32.0 Å². The molecular weight excluding hydrogens is 380 g/mol. The molecule has 0 fully saturated rings. The van der Waals surface area contributed by atoms with Gasteiger partial charge in [-0.15, -0.1) is 0 Å². The summed E-state index contributed by atoms with van der Waals surface area (Å²) in [5.41, 5.74) is 3.00. The van der Waals surface area contributed by atoms with Crippen LogP contribution in [-0.4, -0.2) is 25.5 Å². The first-order valence-electron chi connectivity index (χ1n) is 9.61. The lowest BCUT2D eigenvalue weighted by molar-refractivity contribution is 0.101. The zero-order chi connectivity index (χ0) is 21.5. The SMILES string of the molecule is CCOc1ccc(C(=O)Nc2cccc(NC(=O)c3ccccc3)c2C)cc1OC. The maximum Gasteiger partial charge on any atom is 0.255 e. The summed E-state index contributed by atoms with van der Waals surface area (Å²) in [5, 5.41) is 5.79. The van der Waals surface area contributed by atoms with Crippen molar-refractivity contribution in [2.24, 2.45) is 0 Å². The number of ether oxygens (including phenoxy) is 2. The van der Waals surface area contributed by atoms with Gasteiger partial charge in [0.05, 0.1) is 13.7 Å². The normalized spacial score (nSPS) is 10.2. The Labute approximate surface area is 175 Å². The highest BCUT2D eigenvalue weighted by atomic mass is 16.5. The second kappa shape index (κ2) is 9.60. The average molecular weight is 404 g/mol. The molecule has 2 N–H and O–H groups in total. The van der Waals surface area contributed by atoms with E-state index in [1.165, 1.54) is 7.11 Å². The fraction of sp³-hybridized carbons (Fsp3) is 0.167. The third-order valence-corrected chi connectivity index (χ3v) is 4.59. The summed E-state index contributed by atoms with van der Waals surface area (Å²) < 4.78 is 10.8. The van der Waals surface area contributed by atoms with E-state index in [1.54, 1.807) is 48.5 Å². The summed E-state index contributed by atoms with van der Waals surface area (Å²) in [6.45, 7) is 4.23. The number of carbonyl (C=O) groups is 2. The van der Waals surface area contributed by atoms with Crippen molar-refractivity contribution in [3.8, 4) is 11.5 Å². The average Bonchev–Trinajstić information content (AvgIpc) is 2.77. The van der Waals surface area contributed by atoms with Gasteiger partial charge >= 0.3 is 0 Å². The van der Waals surface area contributed by atoms with Gasteiger partial charge in [0.2, 0.25) is 0 Å². The molecule has 30 heavy (non-hydrogen) atoms. The van der Waals surface area contributed by atoms with E-state index in [0.29, 0.717) is 40.6 Å². The molecule has 6 heteroatoms. The van der Waals surface area contributed by atoms with Crippen LogP contribution in [0.1, 0.15) is 33.2 Å². The first kappa shape index (κ1) is 20.9. The summed E-state index contributed by atoms with van der Waals surface area (Å²) >= 11 is 0. The van der Waals surface area contributed by atoms with E-state index in [0.717, 1.165) is 5.56 Å². The van der Waals surface area contributed by atoms with Crippen LogP contribution in [0.3, 0.4) is 0 Å². The molecule has 0 aromatic heterocycles. The van der Waals surface area contributed by atoms with Crippen molar-refractivity contribution in [2.45, 2.75) is 13.8 Å². The minimum Gasteiger partial charge on any atom is -0.493 e. The molecule has 0 unspecified atom stereocenters. The largest absolute Gasteiger partial charge is 0.493 e. The quantitative estimate of drug-likeness (QED) is 0.587. The smallest absolute Gasteiger partial charge is 0.255 e. The standard InChI is InChI=1S/C24H24N2O4/c1-4-30-21-14-13-18(15-22(21)29-3)24(28)26-20-12-8-11-19(16(20)2)25-23(27)17-9-6-5-7-10-17/h5-15H,4H2,1-3H3,(H,25,27)(H,26,28). The third kappa shape index (κ3) is 4.78. The molecule has 3 aromatic carbocycles. The Bertz CT molecular complexity index is 1050. The van der Waals surface area contributed by atoms with Crippen molar-refractivity contribution >= 4 is 23.2 Å². The highest BCUT2D eigenvalue weighted by Gasteiger charge is 2.14. The van der Waals surface area contributed by atoms with Crippen LogP contribution in [-0.2, 0) is 0 Å². The molecule has 0 radical (unpaired) electrons. The first-order valence-corrected chi connectivity index (χ1v) is 9.61. The second-order valence-electron chi connectivity index (χ2n) is 6.55. The number of methoxy groups -OCH3 is 1. The topological polar surface area (TPSA) is 76.7 Å². The molecule has 154 valence electrons. The van der Waals surface area contributed by atoms with Gasteiger partial charge in [0.25, 0.3) is 11.8 Å². The van der Waals surface area contributed by atoms with Gasteiger partial charge in [-0.2, -0.15) is 0 Å². The number of hydrogen-bond acceptors (Lipinski definition) is 4. The molecule has 0 aliphatic rings. The Morgan fingerprint density at radius 2 is 1.43 bits per heavy atom. The number of hydrogen-bond donors (Lipinski definition) is 2. The first-order chi connectivity index (χ1) is 14.5. The Morgan fingerprint density at radius 3 is 2.03 bits per heavy atom. The fourth-order valence-electron chi connectivity index (χ4n) is 2.97. The van der Waals surface area contributed by atoms with Crippen molar-refractivity contribution in [1.82, 2.24) is 0 Å². The summed E-state index contributed by atoms with van der Waals surface area (Å²) in [6.07, 6.45) is 0. The van der Waals surface area contributed by atoms with Crippen molar-refractivity contribution < 1.29 is 19.1 Å². The van der Waals surface area contributed by atoms with Crippen LogP contribution in [0.15, 0.2) is 66.7 Å². The van der Waals surface area contributed by atoms with E-state index in [9.17, 15) is 9.59 Å². The maximum absolute atomic E-state index is 12.8. The van der Waals surface area contributed by atoms with Crippen molar-refractivity contribution in [3.63, 3.8) is 0 Å². The van der Waals surface area contributed by atoms with Crippen LogP contribution in [0.5, 0.6) is 11.5 Å². The molecule has 3 aromatic rings. The van der Waals surface area contributed by atoms with Crippen LogP contribution in [0.4, 0.5) is 11.4 Å². The lowest BCUT2D eigenvalue weighted by Gasteiger charge is -2.14. The summed E-state index contributed by atoms with van der Waals surface area (Å²) in [6, 6.07) is 19.4.